The summed E-state index contributed by atoms with van der Waals surface area (Å²) >= 11 is 0. The minimum Gasteiger partial charge on any atom is -0.335 e. The van der Waals surface area contributed by atoms with E-state index in [0.717, 1.165) is 11.3 Å². The summed E-state index contributed by atoms with van der Waals surface area (Å²) in [5.74, 6) is -0.000707. The maximum Gasteiger partial charge on any atom is 0.254 e. The Kier molecular flexibility index (Phi) is 4.42. The lowest BCUT2D eigenvalue weighted by molar-refractivity contribution is 0.0752. The molecule has 2 heterocycles. The lowest BCUT2D eigenvalue weighted by atomic mass is 10.1. The van der Waals surface area contributed by atoms with Gasteiger partial charge in [0.2, 0.25) is 0 Å². The van der Waals surface area contributed by atoms with Gasteiger partial charge in [-0.2, -0.15) is 0 Å². The molecule has 1 aromatic carbocycles. The van der Waals surface area contributed by atoms with Gasteiger partial charge in [0.25, 0.3) is 5.91 Å². The predicted octanol–water partition coefficient (Wildman–Crippen LogP) is 2.32. The highest BCUT2D eigenvalue weighted by atomic mass is 16.2. The van der Waals surface area contributed by atoms with Crippen molar-refractivity contribution >= 4 is 5.91 Å². The minimum atomic E-state index is -0.000707. The Morgan fingerprint density at radius 3 is 2.57 bits per heavy atom. The van der Waals surface area contributed by atoms with Crippen LogP contribution < -0.4 is 0 Å². The first-order chi connectivity index (χ1) is 11.3. The SMILES string of the molecule is CCN(Cc1ccncc1)C(=O)c1cccc(-n2cnnc2)c1. The average Bonchev–Trinajstić information content (AvgIpc) is 3.15. The first-order valence-electron chi connectivity index (χ1n) is 7.41. The van der Waals surface area contributed by atoms with Crippen LogP contribution >= 0.6 is 0 Å². The molecule has 6 nitrogen and oxygen atoms in total. The van der Waals surface area contributed by atoms with E-state index in [1.165, 1.54) is 0 Å². The predicted molar refractivity (Wildman–Crippen MR) is 86.0 cm³/mol. The van der Waals surface area contributed by atoms with E-state index >= 15 is 0 Å². The highest BCUT2D eigenvalue weighted by Crippen LogP contribution is 2.14. The van der Waals surface area contributed by atoms with E-state index in [9.17, 15) is 4.79 Å². The number of pyridine rings is 1. The van der Waals surface area contributed by atoms with E-state index in [4.69, 9.17) is 0 Å². The number of carbonyl (C=O) groups excluding carboxylic acids is 1. The molecule has 0 atom stereocenters. The molecule has 0 N–H and O–H groups in total. The quantitative estimate of drug-likeness (QED) is 0.725. The van der Waals surface area contributed by atoms with Crippen LogP contribution in [0, 0.1) is 0 Å². The van der Waals surface area contributed by atoms with Crippen LogP contribution in [0.3, 0.4) is 0 Å². The second kappa shape index (κ2) is 6.83. The first-order valence-corrected chi connectivity index (χ1v) is 7.41. The molecule has 0 saturated carbocycles. The third-order valence-electron chi connectivity index (χ3n) is 3.60. The van der Waals surface area contributed by atoms with Gasteiger partial charge in [-0.1, -0.05) is 6.07 Å². The summed E-state index contributed by atoms with van der Waals surface area (Å²) in [7, 11) is 0. The van der Waals surface area contributed by atoms with Crippen molar-refractivity contribution in [1.29, 1.82) is 0 Å². The van der Waals surface area contributed by atoms with Crippen LogP contribution in [-0.2, 0) is 6.54 Å². The zero-order valence-electron chi connectivity index (χ0n) is 12.8. The molecule has 0 fully saturated rings. The van der Waals surface area contributed by atoms with Crippen molar-refractivity contribution in [3.63, 3.8) is 0 Å². The lowest BCUT2D eigenvalue weighted by Gasteiger charge is -2.21. The van der Waals surface area contributed by atoms with Crippen LogP contribution in [0.15, 0.2) is 61.4 Å². The van der Waals surface area contributed by atoms with Crippen molar-refractivity contribution in [3.8, 4) is 5.69 Å². The van der Waals surface area contributed by atoms with E-state index in [1.807, 2.05) is 43.3 Å². The zero-order chi connectivity index (χ0) is 16.1. The monoisotopic (exact) mass is 307 g/mol. The highest BCUT2D eigenvalue weighted by Gasteiger charge is 2.15. The van der Waals surface area contributed by atoms with E-state index < -0.39 is 0 Å². The summed E-state index contributed by atoms with van der Waals surface area (Å²) in [6.45, 7) is 3.18. The van der Waals surface area contributed by atoms with E-state index in [2.05, 4.69) is 15.2 Å². The van der Waals surface area contributed by atoms with Crippen molar-refractivity contribution in [2.24, 2.45) is 0 Å². The Labute approximate surface area is 134 Å². The average molecular weight is 307 g/mol. The maximum atomic E-state index is 12.8. The van der Waals surface area contributed by atoms with Crippen LogP contribution in [0.1, 0.15) is 22.8 Å². The van der Waals surface area contributed by atoms with Crippen LogP contribution in [0.4, 0.5) is 0 Å². The van der Waals surface area contributed by atoms with Crippen LogP contribution in [0.25, 0.3) is 5.69 Å². The molecule has 116 valence electrons. The zero-order valence-corrected chi connectivity index (χ0v) is 12.8. The van der Waals surface area contributed by atoms with Gasteiger partial charge in [0.1, 0.15) is 12.7 Å². The molecular formula is C17H17N5O. The van der Waals surface area contributed by atoms with Gasteiger partial charge < -0.3 is 4.90 Å². The molecule has 0 spiro atoms. The van der Waals surface area contributed by atoms with Gasteiger partial charge in [0.15, 0.2) is 0 Å². The molecule has 1 amide bonds. The summed E-state index contributed by atoms with van der Waals surface area (Å²) in [6, 6.07) is 11.3. The summed E-state index contributed by atoms with van der Waals surface area (Å²) in [5, 5.41) is 7.58. The fourth-order valence-corrected chi connectivity index (χ4v) is 2.35. The normalized spacial score (nSPS) is 10.5. The van der Waals surface area contributed by atoms with Crippen molar-refractivity contribution in [1.82, 2.24) is 24.6 Å². The molecule has 2 aromatic heterocycles. The maximum absolute atomic E-state index is 12.8. The molecule has 3 aromatic rings. The highest BCUT2D eigenvalue weighted by molar-refractivity contribution is 5.94. The van der Waals surface area contributed by atoms with Crippen molar-refractivity contribution in [2.75, 3.05) is 6.54 Å². The summed E-state index contributed by atoms with van der Waals surface area (Å²) < 4.78 is 1.77. The van der Waals surface area contributed by atoms with Crippen LogP contribution in [0.5, 0.6) is 0 Å². The Hall–Kier alpha value is -3.02. The number of amides is 1. The first kappa shape index (κ1) is 14.9. The minimum absolute atomic E-state index is 0.000707. The number of carbonyl (C=O) groups is 1. The van der Waals surface area contributed by atoms with E-state index in [1.54, 1.807) is 34.5 Å². The lowest BCUT2D eigenvalue weighted by Crippen LogP contribution is -2.30. The Morgan fingerprint density at radius 1 is 1.13 bits per heavy atom. The number of benzene rings is 1. The van der Waals surface area contributed by atoms with Crippen molar-refractivity contribution < 1.29 is 4.79 Å². The van der Waals surface area contributed by atoms with Gasteiger partial charge in [0.05, 0.1) is 0 Å². The number of aromatic nitrogens is 4. The smallest absolute Gasteiger partial charge is 0.254 e. The number of hydrogen-bond acceptors (Lipinski definition) is 4. The molecule has 6 heteroatoms. The third kappa shape index (κ3) is 3.42. The molecule has 0 aliphatic rings. The molecule has 0 unspecified atom stereocenters. The van der Waals surface area contributed by atoms with Crippen LogP contribution in [0.2, 0.25) is 0 Å². The molecule has 23 heavy (non-hydrogen) atoms. The topological polar surface area (TPSA) is 63.9 Å². The van der Waals surface area contributed by atoms with Crippen molar-refractivity contribution in [3.05, 3.63) is 72.6 Å². The summed E-state index contributed by atoms with van der Waals surface area (Å²) in [5.41, 5.74) is 2.57. The number of rotatable bonds is 5. The van der Waals surface area contributed by atoms with Crippen molar-refractivity contribution in [2.45, 2.75) is 13.5 Å². The fraction of sp³-hybridized carbons (Fsp3) is 0.176. The molecular weight excluding hydrogens is 290 g/mol. The van der Waals surface area contributed by atoms with Gasteiger partial charge in [-0.15, -0.1) is 10.2 Å². The Balaban J connectivity index is 1.82. The second-order valence-electron chi connectivity index (χ2n) is 5.09. The molecule has 0 aliphatic carbocycles. The van der Waals surface area contributed by atoms with Gasteiger partial charge in [0, 0.05) is 36.7 Å². The Morgan fingerprint density at radius 2 is 1.87 bits per heavy atom. The van der Waals surface area contributed by atoms with Crippen LogP contribution in [-0.4, -0.2) is 37.1 Å². The second-order valence-corrected chi connectivity index (χ2v) is 5.09. The molecule has 0 saturated heterocycles. The van der Waals surface area contributed by atoms with Gasteiger partial charge in [-0.3, -0.25) is 14.3 Å². The molecule has 0 bridgehead atoms. The summed E-state index contributed by atoms with van der Waals surface area (Å²) in [6.07, 6.45) is 6.69. The van der Waals surface area contributed by atoms with Gasteiger partial charge >= 0.3 is 0 Å². The van der Waals surface area contributed by atoms with Gasteiger partial charge in [-0.25, -0.2) is 0 Å². The standard InChI is InChI=1S/C17H17N5O/c1-2-21(11-14-6-8-18-9-7-14)17(23)15-4-3-5-16(10-15)22-12-19-20-13-22/h3-10,12-13H,2,11H2,1H3. The Bertz CT molecular complexity index is 771. The van der Waals surface area contributed by atoms with Gasteiger partial charge in [-0.05, 0) is 42.8 Å². The van der Waals surface area contributed by atoms with E-state index in [0.29, 0.717) is 18.7 Å². The number of hydrogen-bond donors (Lipinski definition) is 0. The summed E-state index contributed by atoms with van der Waals surface area (Å²) in [4.78, 5) is 18.6. The fourth-order valence-electron chi connectivity index (χ4n) is 2.35. The largest absolute Gasteiger partial charge is 0.335 e. The molecule has 3 rings (SSSR count). The van der Waals surface area contributed by atoms with E-state index in [-0.39, 0.29) is 5.91 Å². The third-order valence-corrected chi connectivity index (χ3v) is 3.60. The molecule has 0 radical (unpaired) electrons. The molecule has 0 aliphatic heterocycles. The number of nitrogens with zero attached hydrogens (tertiary/aromatic N) is 5.